The highest BCUT2D eigenvalue weighted by Gasteiger charge is 2.30. The van der Waals surface area contributed by atoms with E-state index >= 15 is 0 Å². The molecule has 4 N–H and O–H groups in total. The van der Waals surface area contributed by atoms with Gasteiger partial charge in [-0.15, -0.1) is 0 Å². The first-order valence-corrected chi connectivity index (χ1v) is 14.2. The van der Waals surface area contributed by atoms with E-state index in [2.05, 4.69) is 21.9 Å². The fraction of sp³-hybridized carbons (Fsp3) is 0.444. The number of piperidine rings is 1. The van der Waals surface area contributed by atoms with Crippen LogP contribution in [0.3, 0.4) is 0 Å². The van der Waals surface area contributed by atoms with Crippen LogP contribution in [0, 0.1) is 5.41 Å². The lowest BCUT2D eigenvalue weighted by molar-refractivity contribution is 0.0987. The van der Waals surface area contributed by atoms with Crippen LogP contribution in [0.2, 0.25) is 5.02 Å². The number of aromatic hydroxyl groups is 1. The zero-order valence-corrected chi connectivity index (χ0v) is 23.3. The van der Waals surface area contributed by atoms with Gasteiger partial charge in [0.05, 0.1) is 16.2 Å². The number of hydrogen-bond donors (Lipinski definition) is 3. The number of benzene rings is 1. The number of Topliss-reactive ketones (excluding diaryl/α,β-unsaturated/α-hetero) is 1. The summed E-state index contributed by atoms with van der Waals surface area (Å²) in [4.78, 5) is 52.9. The molecule has 2 aromatic heterocycles. The van der Waals surface area contributed by atoms with Crippen LogP contribution in [0.25, 0.3) is 0 Å². The number of carbonyl (C=O) groups is 1. The molecular weight excluding hydrogens is 540 g/mol. The zero-order chi connectivity index (χ0) is 27.7. The molecule has 0 spiro atoms. The van der Waals surface area contributed by atoms with E-state index < -0.39 is 17.2 Å². The van der Waals surface area contributed by atoms with Crippen LogP contribution in [0.5, 0.6) is 5.88 Å². The Morgan fingerprint density at radius 3 is 2.72 bits per heavy atom. The molecule has 39 heavy (non-hydrogen) atoms. The number of aryl methyl sites for hydroxylation is 1. The molecule has 0 amide bonds. The normalized spacial score (nSPS) is 16.6. The lowest BCUT2D eigenvalue weighted by atomic mass is 9.80. The molecule has 2 aliphatic rings. The first-order valence-electron chi connectivity index (χ1n) is 13.0. The summed E-state index contributed by atoms with van der Waals surface area (Å²) in [7, 11) is 0. The zero-order valence-electron chi connectivity index (χ0n) is 21.7. The van der Waals surface area contributed by atoms with Gasteiger partial charge in [-0.05, 0) is 49.3 Å². The molecule has 1 aromatic carbocycles. The fourth-order valence-corrected chi connectivity index (χ4v) is 6.24. The van der Waals surface area contributed by atoms with E-state index in [4.69, 9.17) is 17.3 Å². The van der Waals surface area contributed by atoms with E-state index in [1.54, 1.807) is 24.4 Å². The summed E-state index contributed by atoms with van der Waals surface area (Å²) in [5, 5.41) is 11.2. The van der Waals surface area contributed by atoms with Crippen molar-refractivity contribution in [2.24, 2.45) is 11.1 Å². The number of hydrogen-bond acceptors (Lipinski definition) is 9. The largest absolute Gasteiger partial charge is 0.493 e. The summed E-state index contributed by atoms with van der Waals surface area (Å²) in [6.07, 6.45) is 5.51. The molecule has 12 heteroatoms. The third-order valence-electron chi connectivity index (χ3n) is 7.66. The van der Waals surface area contributed by atoms with Crippen molar-refractivity contribution in [3.8, 4) is 5.88 Å². The van der Waals surface area contributed by atoms with E-state index in [-0.39, 0.29) is 23.0 Å². The summed E-state index contributed by atoms with van der Waals surface area (Å²) in [5.41, 5.74) is 5.37. The Labute approximate surface area is 234 Å². The molecule has 0 aliphatic carbocycles. The number of halogens is 1. The molecule has 1 saturated heterocycles. The van der Waals surface area contributed by atoms with Crippen molar-refractivity contribution >= 4 is 35.0 Å². The van der Waals surface area contributed by atoms with Crippen LogP contribution in [0.1, 0.15) is 54.4 Å². The van der Waals surface area contributed by atoms with Crippen molar-refractivity contribution in [1.29, 1.82) is 0 Å². The average molecular weight is 571 g/mol. The first kappa shape index (κ1) is 27.4. The third kappa shape index (κ3) is 5.61. The minimum absolute atomic E-state index is 0.0888. The predicted octanol–water partition coefficient (Wildman–Crippen LogP) is 3.16. The SMILES string of the molecule is CC1(CN)CCN(c2ncc(Sc3cccc(CC(=O)c4c(O)nc5n(c4=O)CCCC5)c3Cl)[nH]c2=O)CC1. The second-order valence-electron chi connectivity index (χ2n) is 10.5. The number of anilines is 1. The van der Waals surface area contributed by atoms with Crippen LogP contribution in [0.15, 0.2) is 43.9 Å². The molecule has 1 fully saturated rings. The second kappa shape index (κ2) is 11.1. The quantitative estimate of drug-likeness (QED) is 0.364. The number of fused-ring (bicyclic) bond motifs is 1. The van der Waals surface area contributed by atoms with Gasteiger partial charge in [0, 0.05) is 37.4 Å². The first-order chi connectivity index (χ1) is 18.7. The summed E-state index contributed by atoms with van der Waals surface area (Å²) < 4.78 is 1.47. The van der Waals surface area contributed by atoms with Crippen LogP contribution in [0.4, 0.5) is 5.82 Å². The molecule has 5 rings (SSSR count). The Morgan fingerprint density at radius 1 is 1.23 bits per heavy atom. The highest BCUT2D eigenvalue weighted by Crippen LogP contribution is 2.35. The number of carbonyl (C=O) groups excluding carboxylic acids is 1. The van der Waals surface area contributed by atoms with Gasteiger partial charge in [0.15, 0.2) is 11.6 Å². The van der Waals surface area contributed by atoms with E-state index in [0.29, 0.717) is 51.7 Å². The average Bonchev–Trinajstić information content (AvgIpc) is 2.92. The van der Waals surface area contributed by atoms with Crippen LogP contribution in [-0.4, -0.2) is 50.0 Å². The maximum atomic E-state index is 13.1. The molecule has 0 radical (unpaired) electrons. The number of aromatic nitrogens is 4. The third-order valence-corrected chi connectivity index (χ3v) is 9.21. The number of nitrogens with two attached hydrogens (primary N) is 1. The molecule has 3 aromatic rings. The second-order valence-corrected chi connectivity index (χ2v) is 11.9. The van der Waals surface area contributed by atoms with Gasteiger partial charge in [0.25, 0.3) is 11.1 Å². The highest BCUT2D eigenvalue weighted by molar-refractivity contribution is 7.99. The predicted molar refractivity (Wildman–Crippen MR) is 150 cm³/mol. The lowest BCUT2D eigenvalue weighted by Gasteiger charge is -2.38. The van der Waals surface area contributed by atoms with Gasteiger partial charge >= 0.3 is 0 Å². The van der Waals surface area contributed by atoms with Gasteiger partial charge in [0.1, 0.15) is 11.4 Å². The number of nitrogens with one attached hydrogen (secondary N) is 1. The molecule has 10 nitrogen and oxygen atoms in total. The number of rotatable bonds is 7. The van der Waals surface area contributed by atoms with E-state index in [0.717, 1.165) is 38.8 Å². The van der Waals surface area contributed by atoms with Crippen molar-refractivity contribution in [1.82, 2.24) is 19.5 Å². The maximum absolute atomic E-state index is 13.1. The monoisotopic (exact) mass is 570 g/mol. The van der Waals surface area contributed by atoms with Gasteiger partial charge in [-0.1, -0.05) is 42.4 Å². The Bertz CT molecular complexity index is 1530. The summed E-state index contributed by atoms with van der Waals surface area (Å²) >= 11 is 7.88. The van der Waals surface area contributed by atoms with Crippen molar-refractivity contribution in [2.45, 2.75) is 61.9 Å². The molecule has 206 valence electrons. The number of aromatic amines is 1. The van der Waals surface area contributed by atoms with Crippen LogP contribution in [-0.2, 0) is 19.4 Å². The molecule has 0 saturated carbocycles. The Morgan fingerprint density at radius 2 is 2.00 bits per heavy atom. The van der Waals surface area contributed by atoms with E-state index in [9.17, 15) is 19.5 Å². The Balaban J connectivity index is 1.32. The minimum atomic E-state index is -0.554. The number of H-pyrrole nitrogens is 1. The molecular formula is C27H31ClN6O4S. The van der Waals surface area contributed by atoms with Gasteiger partial charge in [-0.25, -0.2) is 4.98 Å². The molecule has 4 heterocycles. The van der Waals surface area contributed by atoms with Gasteiger partial charge < -0.3 is 20.7 Å². The molecule has 0 atom stereocenters. The van der Waals surface area contributed by atoms with Crippen molar-refractivity contribution in [2.75, 3.05) is 24.5 Å². The Kier molecular flexibility index (Phi) is 7.84. The highest BCUT2D eigenvalue weighted by atomic mass is 35.5. The number of nitrogens with zero attached hydrogens (tertiary/aromatic N) is 4. The van der Waals surface area contributed by atoms with E-state index in [1.165, 1.54) is 16.3 Å². The standard InChI is InChI=1S/C27H31ClN6O4S/c1-27(15-29)8-11-33(12-9-27)23-25(37)32-20(14-30-23)39-18-6-4-5-16(22(18)28)13-17(35)21-24(36)31-19-7-2-3-10-34(19)26(21)38/h4-6,14,36H,2-3,7-13,15,29H2,1H3,(H,32,37). The fourth-order valence-electron chi connectivity index (χ4n) is 5.07. The Hall–Kier alpha value is -3.15. The lowest BCUT2D eigenvalue weighted by Crippen LogP contribution is -2.44. The topological polar surface area (TPSA) is 147 Å². The van der Waals surface area contributed by atoms with E-state index in [1.807, 2.05) is 4.90 Å². The van der Waals surface area contributed by atoms with Crippen LogP contribution < -0.4 is 21.8 Å². The van der Waals surface area contributed by atoms with Gasteiger partial charge in [0.2, 0.25) is 5.88 Å². The van der Waals surface area contributed by atoms with Crippen molar-refractivity contribution < 1.29 is 9.90 Å². The van der Waals surface area contributed by atoms with Crippen LogP contribution >= 0.6 is 23.4 Å². The molecule has 0 bridgehead atoms. The van der Waals surface area contributed by atoms with Crippen molar-refractivity contribution in [3.05, 3.63) is 67.1 Å². The maximum Gasteiger partial charge on any atom is 0.291 e. The number of ketones is 1. The van der Waals surface area contributed by atoms with Crippen molar-refractivity contribution in [3.63, 3.8) is 0 Å². The summed E-state index contributed by atoms with van der Waals surface area (Å²) in [5.74, 6) is -0.209. The van der Waals surface area contributed by atoms with Gasteiger partial charge in [-0.2, -0.15) is 4.98 Å². The minimum Gasteiger partial charge on any atom is -0.493 e. The summed E-state index contributed by atoms with van der Waals surface area (Å²) in [6.45, 7) is 4.70. The molecule has 0 unspecified atom stereocenters. The van der Waals surface area contributed by atoms with Gasteiger partial charge in [-0.3, -0.25) is 19.0 Å². The smallest absolute Gasteiger partial charge is 0.291 e. The summed E-state index contributed by atoms with van der Waals surface area (Å²) in [6, 6.07) is 5.22. The molecule has 2 aliphatic heterocycles.